The average Bonchev–Trinajstić information content (AvgIpc) is 2.89. The molecular formula is C18H13BNO. The molecule has 1 aromatic heterocycles. The van der Waals surface area contributed by atoms with Gasteiger partial charge in [0.05, 0.1) is 11.0 Å². The van der Waals surface area contributed by atoms with E-state index in [4.69, 9.17) is 0 Å². The normalized spacial score (nSPS) is 11.1. The Morgan fingerprint density at radius 1 is 0.667 bits per heavy atom. The lowest BCUT2D eigenvalue weighted by Gasteiger charge is -2.11. The summed E-state index contributed by atoms with van der Waals surface area (Å²) in [7, 11) is 1.17. The van der Waals surface area contributed by atoms with E-state index in [1.165, 1.54) is 18.3 Å². The first kappa shape index (κ1) is 12.2. The molecule has 0 spiro atoms. The number of benzene rings is 3. The van der Waals surface area contributed by atoms with Crippen LogP contribution in [0.3, 0.4) is 0 Å². The Morgan fingerprint density at radius 2 is 1.19 bits per heavy atom. The third-order valence-electron chi connectivity index (χ3n) is 3.90. The van der Waals surface area contributed by atoms with Gasteiger partial charge in [-0.3, -0.25) is 0 Å². The lowest BCUT2D eigenvalue weighted by atomic mass is 9.87. The minimum absolute atomic E-state index is 0.809. The van der Waals surface area contributed by atoms with Crippen LogP contribution in [0, 0.1) is 0 Å². The molecule has 99 valence electrons. The fraction of sp³-hybridized carbons (Fsp3) is 0. The summed E-state index contributed by atoms with van der Waals surface area (Å²) in [6.07, 6.45) is 0. The van der Waals surface area contributed by atoms with E-state index < -0.39 is 0 Å². The maximum absolute atomic E-state index is 9.52. The quantitative estimate of drug-likeness (QED) is 0.556. The maximum Gasteiger partial charge on any atom is 0.328 e. The molecule has 0 unspecified atom stereocenters. The highest BCUT2D eigenvalue weighted by Gasteiger charge is 2.13. The second-order valence-corrected chi connectivity index (χ2v) is 5.06. The van der Waals surface area contributed by atoms with Crippen LogP contribution in [0.1, 0.15) is 0 Å². The summed E-state index contributed by atoms with van der Waals surface area (Å²) in [6, 6.07) is 24.6. The fourth-order valence-electron chi connectivity index (χ4n) is 2.98. The second-order valence-electron chi connectivity index (χ2n) is 5.06. The van der Waals surface area contributed by atoms with Crippen molar-refractivity contribution >= 4 is 34.8 Å². The van der Waals surface area contributed by atoms with Crippen molar-refractivity contribution in [2.45, 2.75) is 0 Å². The topological polar surface area (TPSA) is 25.2 Å². The first-order valence-electron chi connectivity index (χ1n) is 6.95. The van der Waals surface area contributed by atoms with Crippen LogP contribution in [0.5, 0.6) is 0 Å². The Hall–Kier alpha value is -2.52. The number of aromatic nitrogens is 1. The van der Waals surface area contributed by atoms with Crippen molar-refractivity contribution in [3.8, 4) is 5.69 Å². The van der Waals surface area contributed by atoms with Gasteiger partial charge in [-0.05, 0) is 23.7 Å². The zero-order chi connectivity index (χ0) is 14.2. The van der Waals surface area contributed by atoms with Crippen molar-refractivity contribution in [2.24, 2.45) is 0 Å². The summed E-state index contributed by atoms with van der Waals surface area (Å²) >= 11 is 0. The molecule has 0 aliphatic rings. The molecule has 1 heterocycles. The third kappa shape index (κ3) is 1.78. The smallest absolute Gasteiger partial charge is 0.328 e. The summed E-state index contributed by atoms with van der Waals surface area (Å²) in [5, 5.41) is 12.0. The number of hydrogen-bond acceptors (Lipinski definition) is 1. The zero-order valence-corrected chi connectivity index (χ0v) is 11.4. The highest BCUT2D eigenvalue weighted by Crippen LogP contribution is 2.30. The molecule has 3 heteroatoms. The first-order chi connectivity index (χ1) is 10.4. The first-order valence-corrected chi connectivity index (χ1v) is 6.95. The van der Waals surface area contributed by atoms with Crippen molar-refractivity contribution in [1.82, 2.24) is 4.57 Å². The van der Waals surface area contributed by atoms with E-state index >= 15 is 0 Å². The minimum Gasteiger partial charge on any atom is -0.450 e. The SMILES string of the molecule is O[B]c1ccccc1-n1c2ccccc2c2ccccc21. The minimum atomic E-state index is 0.809. The Kier molecular flexibility index (Phi) is 2.79. The molecule has 4 rings (SSSR count). The summed E-state index contributed by atoms with van der Waals surface area (Å²) in [5.41, 5.74) is 4.09. The van der Waals surface area contributed by atoms with Crippen LogP contribution in [0.2, 0.25) is 0 Å². The Morgan fingerprint density at radius 3 is 1.81 bits per heavy atom. The molecule has 0 amide bonds. The molecule has 0 saturated heterocycles. The molecule has 0 aliphatic heterocycles. The monoisotopic (exact) mass is 270 g/mol. The van der Waals surface area contributed by atoms with Gasteiger partial charge < -0.3 is 9.59 Å². The van der Waals surface area contributed by atoms with Gasteiger partial charge in [-0.1, -0.05) is 54.6 Å². The summed E-state index contributed by atoms with van der Waals surface area (Å²) in [6.45, 7) is 0. The van der Waals surface area contributed by atoms with Crippen molar-refractivity contribution in [3.05, 3.63) is 72.8 Å². The molecule has 2 nitrogen and oxygen atoms in total. The molecule has 1 N–H and O–H groups in total. The van der Waals surface area contributed by atoms with E-state index in [-0.39, 0.29) is 0 Å². The molecule has 4 aromatic rings. The van der Waals surface area contributed by atoms with Gasteiger partial charge in [0.15, 0.2) is 0 Å². The predicted molar refractivity (Wildman–Crippen MR) is 88.4 cm³/mol. The van der Waals surface area contributed by atoms with Gasteiger partial charge in [-0.25, -0.2) is 0 Å². The van der Waals surface area contributed by atoms with Crippen LogP contribution in [-0.4, -0.2) is 17.1 Å². The van der Waals surface area contributed by atoms with E-state index in [9.17, 15) is 5.02 Å². The van der Waals surface area contributed by atoms with Crippen LogP contribution in [0.4, 0.5) is 0 Å². The van der Waals surface area contributed by atoms with E-state index in [0.717, 1.165) is 22.2 Å². The highest BCUT2D eigenvalue weighted by molar-refractivity contribution is 6.47. The van der Waals surface area contributed by atoms with Crippen LogP contribution < -0.4 is 5.46 Å². The lowest BCUT2D eigenvalue weighted by molar-refractivity contribution is 0.615. The highest BCUT2D eigenvalue weighted by atomic mass is 16.2. The van der Waals surface area contributed by atoms with Gasteiger partial charge in [0.25, 0.3) is 0 Å². The predicted octanol–water partition coefficient (Wildman–Crippen LogP) is 3.02. The molecule has 0 fully saturated rings. The van der Waals surface area contributed by atoms with Crippen molar-refractivity contribution in [3.63, 3.8) is 0 Å². The van der Waals surface area contributed by atoms with Crippen LogP contribution >= 0.6 is 0 Å². The van der Waals surface area contributed by atoms with Gasteiger partial charge in [0.2, 0.25) is 0 Å². The zero-order valence-electron chi connectivity index (χ0n) is 11.4. The lowest BCUT2D eigenvalue weighted by Crippen LogP contribution is -2.19. The van der Waals surface area contributed by atoms with Gasteiger partial charge in [-0.2, -0.15) is 0 Å². The second kappa shape index (κ2) is 4.79. The number of para-hydroxylation sites is 3. The van der Waals surface area contributed by atoms with Gasteiger partial charge >= 0.3 is 7.48 Å². The summed E-state index contributed by atoms with van der Waals surface area (Å²) in [4.78, 5) is 0. The standard InChI is InChI=1S/C18H13BNO/c21-19-15-9-3-6-12-18(15)20-16-10-4-1-7-13(16)14-8-2-5-11-17(14)20/h1-12,21H. The molecule has 0 bridgehead atoms. The van der Waals surface area contributed by atoms with E-state index in [1.54, 1.807) is 0 Å². The molecule has 3 aromatic carbocycles. The number of nitrogens with zero attached hydrogens (tertiary/aromatic N) is 1. The number of fused-ring (bicyclic) bond motifs is 3. The summed E-state index contributed by atoms with van der Waals surface area (Å²) in [5.74, 6) is 0. The maximum atomic E-state index is 9.52. The molecular weight excluding hydrogens is 257 g/mol. The van der Waals surface area contributed by atoms with E-state index in [0.29, 0.717) is 0 Å². The molecule has 0 aliphatic carbocycles. The van der Waals surface area contributed by atoms with Crippen molar-refractivity contribution in [2.75, 3.05) is 0 Å². The fourth-order valence-corrected chi connectivity index (χ4v) is 2.98. The van der Waals surface area contributed by atoms with Crippen molar-refractivity contribution < 1.29 is 5.02 Å². The van der Waals surface area contributed by atoms with Gasteiger partial charge in [0, 0.05) is 16.5 Å². The average molecular weight is 270 g/mol. The number of hydrogen-bond donors (Lipinski definition) is 1. The molecule has 21 heavy (non-hydrogen) atoms. The molecule has 0 saturated carbocycles. The largest absolute Gasteiger partial charge is 0.450 e. The summed E-state index contributed by atoms with van der Waals surface area (Å²) < 4.78 is 2.20. The van der Waals surface area contributed by atoms with Crippen LogP contribution in [0.25, 0.3) is 27.5 Å². The Bertz CT molecular complexity index is 889. The van der Waals surface area contributed by atoms with Crippen molar-refractivity contribution in [1.29, 1.82) is 0 Å². The Balaban J connectivity index is 2.20. The van der Waals surface area contributed by atoms with E-state index in [2.05, 4.69) is 41.0 Å². The molecule has 0 atom stereocenters. The van der Waals surface area contributed by atoms with Crippen LogP contribution in [0.15, 0.2) is 72.8 Å². The third-order valence-corrected chi connectivity index (χ3v) is 3.90. The van der Waals surface area contributed by atoms with Gasteiger partial charge in [0.1, 0.15) is 0 Å². The van der Waals surface area contributed by atoms with Crippen LogP contribution in [-0.2, 0) is 0 Å². The Labute approximate surface area is 123 Å². The van der Waals surface area contributed by atoms with Gasteiger partial charge in [-0.15, -0.1) is 0 Å². The number of rotatable bonds is 2. The molecule has 1 radical (unpaired) electrons. The van der Waals surface area contributed by atoms with E-state index in [1.807, 2.05) is 36.4 Å².